The molecule has 1 aliphatic rings. The van der Waals surface area contributed by atoms with Crippen molar-refractivity contribution in [2.45, 2.75) is 133 Å². The molecule has 748 valence electrons. The van der Waals surface area contributed by atoms with E-state index in [9.17, 15) is 5.21 Å². The van der Waals surface area contributed by atoms with E-state index in [1.54, 1.807) is 65.1 Å². The van der Waals surface area contributed by atoms with Crippen molar-refractivity contribution >= 4 is 66.0 Å². The van der Waals surface area contributed by atoms with Crippen LogP contribution < -0.4 is 33.2 Å². The van der Waals surface area contributed by atoms with Crippen LogP contribution in [0.1, 0.15) is 144 Å². The molecule has 31 heteroatoms. The first kappa shape index (κ1) is 100. The second-order valence-corrected chi connectivity index (χ2v) is 36.8. The van der Waals surface area contributed by atoms with Crippen LogP contribution in [0.5, 0.6) is 34.5 Å². The van der Waals surface area contributed by atoms with E-state index >= 15 is 0 Å². The Hall–Kier alpha value is -18.6. The zero-order valence-electron chi connectivity index (χ0n) is 84.4. The molecule has 30 nitrogen and oxygen atoms in total. The summed E-state index contributed by atoms with van der Waals surface area (Å²) in [7, 11) is 0. The van der Waals surface area contributed by atoms with Crippen LogP contribution in [0.2, 0.25) is 5.02 Å². The summed E-state index contributed by atoms with van der Waals surface area (Å²) in [5.74, 6) is 4.86. The van der Waals surface area contributed by atoms with Gasteiger partial charge in [0.15, 0.2) is 0 Å². The molecular formula is C119H109ClN23O7+. The van der Waals surface area contributed by atoms with Crippen molar-refractivity contribution in [2.75, 3.05) is 0 Å². The van der Waals surface area contributed by atoms with E-state index in [-0.39, 0.29) is 24.4 Å². The van der Waals surface area contributed by atoms with Gasteiger partial charge in [0.2, 0.25) is 6.20 Å². The Balaban J connectivity index is 0.000000113. The Bertz CT molecular complexity index is 8320. The fraction of sp³-hybridized carbons (Fsp3) is 0.168. The maximum absolute atomic E-state index is 9.93. The van der Waals surface area contributed by atoms with E-state index in [4.69, 9.17) is 40.0 Å². The van der Waals surface area contributed by atoms with Gasteiger partial charge < -0.3 is 28.4 Å². The number of ether oxygens (including phenoxy) is 6. The molecule has 24 rings (SSSR count). The summed E-state index contributed by atoms with van der Waals surface area (Å²) in [6.07, 6.45) is 25.7. The Kier molecular flexibility index (Phi) is 31.4. The second-order valence-electron chi connectivity index (χ2n) is 36.4. The summed E-state index contributed by atoms with van der Waals surface area (Å²) < 4.78 is 48.0. The van der Waals surface area contributed by atoms with Gasteiger partial charge in [-0.25, -0.2) is 28.1 Å². The Morgan fingerprint density at radius 3 is 1.17 bits per heavy atom. The van der Waals surface area contributed by atoms with Crippen LogP contribution in [-0.2, 0) is 26.1 Å². The first-order valence-corrected chi connectivity index (χ1v) is 49.7. The smallest absolute Gasteiger partial charge is 0.268 e. The molecule has 11 heterocycles. The fourth-order valence-electron chi connectivity index (χ4n) is 16.8. The number of aromatic nitrogens is 23. The average Bonchev–Trinajstić information content (AvgIpc) is 1.18. The third-order valence-corrected chi connectivity index (χ3v) is 25.7. The monoisotopic (exact) mass is 2010 g/mol. The molecule has 1 aliphatic carbocycles. The molecule has 1 N–H and O–H groups in total. The minimum atomic E-state index is -0.285. The number of nitrogens with zero attached hydrogens (tertiary/aromatic N) is 23. The molecule has 0 fully saturated rings. The molecule has 12 aromatic carbocycles. The first-order valence-electron chi connectivity index (χ1n) is 49.4. The highest BCUT2D eigenvalue weighted by molar-refractivity contribution is 6.31. The first-order chi connectivity index (χ1) is 73.2. The lowest BCUT2D eigenvalue weighted by molar-refractivity contribution is -0.884. The molecule has 150 heavy (non-hydrogen) atoms. The van der Waals surface area contributed by atoms with Crippen LogP contribution in [-0.4, -0.2) is 115 Å². The van der Waals surface area contributed by atoms with Crippen molar-refractivity contribution < 1.29 is 38.4 Å². The summed E-state index contributed by atoms with van der Waals surface area (Å²) in [6.45, 7) is 20.9. The van der Waals surface area contributed by atoms with Crippen LogP contribution in [0.4, 0.5) is 0 Å². The van der Waals surface area contributed by atoms with E-state index in [1.165, 1.54) is 51.8 Å². The highest BCUT2D eigenvalue weighted by Gasteiger charge is 2.24. The molecule has 0 spiro atoms. The molecule has 4 unspecified atom stereocenters. The van der Waals surface area contributed by atoms with Gasteiger partial charge in [-0.15, -0.1) is 30.6 Å². The Morgan fingerprint density at radius 1 is 0.320 bits per heavy atom. The lowest BCUT2D eigenvalue weighted by Crippen LogP contribution is -2.30. The number of benzene rings is 12. The lowest BCUT2D eigenvalue weighted by atomic mass is 9.91. The summed E-state index contributed by atoms with van der Waals surface area (Å²) >= 11 is 6.18. The van der Waals surface area contributed by atoms with Gasteiger partial charge >= 0.3 is 0 Å². The highest BCUT2D eigenvalue weighted by Crippen LogP contribution is 2.37. The minimum absolute atomic E-state index is 0.132. The lowest BCUT2D eigenvalue weighted by Gasteiger charge is -2.21. The number of rotatable bonds is 24. The van der Waals surface area contributed by atoms with Gasteiger partial charge in [0, 0.05) is 79.8 Å². The number of aryl methyl sites for hydroxylation is 7. The predicted molar refractivity (Wildman–Crippen MR) is 578 cm³/mol. The quantitative estimate of drug-likeness (QED) is 0.0434. The van der Waals surface area contributed by atoms with Gasteiger partial charge in [-0.05, 0) is 269 Å². The van der Waals surface area contributed by atoms with Crippen LogP contribution in [0.15, 0.2) is 378 Å². The van der Waals surface area contributed by atoms with Gasteiger partial charge in [-0.3, -0.25) is 25.1 Å². The molecule has 0 bridgehead atoms. The maximum Gasteiger partial charge on any atom is 0.268 e. The number of hydrogen-bond acceptors (Lipinski definition) is 23. The molecule has 0 saturated heterocycles. The number of para-hydroxylation sites is 3. The zero-order chi connectivity index (χ0) is 103. The van der Waals surface area contributed by atoms with E-state index in [1.807, 2.05) is 315 Å². The number of pyridine rings is 5. The SMILES string of the molecule is Cc1ccc(-n2cc(C(C)Oc3cc[n+](O)c4ccccc34)nn2)cc1.Cc1ccc(-n2cc(C(C)Oc3cccc4c3CCCC4)nn2)cc1.Cc1ccc(-n2cc(C(C)Oc3cccc4cnccc34)nn2)cc1.Cc1ccc(-n2cc(C(C)Oc3cccc4ncccc34)nn2)cc1.Cc1ccc(-n2cc(COc3ccnc4ccccc34)nn2)cc1.Cc1ccc(-n2cc(COc3ccnc4ccccc34)nn2)cc1Cl. The summed E-state index contributed by atoms with van der Waals surface area (Å²) in [5.41, 5.74) is 23.7. The van der Waals surface area contributed by atoms with E-state index in [0.29, 0.717) is 29.5 Å². The highest BCUT2D eigenvalue weighted by atomic mass is 35.5. The molecule has 4 atom stereocenters. The largest absolute Gasteiger partial charge is 0.486 e. The van der Waals surface area contributed by atoms with Gasteiger partial charge in [-0.2, -0.15) is 0 Å². The average molecular weight is 2010 g/mol. The second kappa shape index (κ2) is 47.1. The van der Waals surface area contributed by atoms with Crippen molar-refractivity contribution in [3.8, 4) is 68.6 Å². The maximum atomic E-state index is 9.93. The number of hydrogen-bond donors (Lipinski definition) is 1. The van der Waals surface area contributed by atoms with Gasteiger partial charge in [0.25, 0.3) is 5.52 Å². The van der Waals surface area contributed by atoms with Crippen molar-refractivity contribution in [3.63, 3.8) is 0 Å². The van der Waals surface area contributed by atoms with Gasteiger partial charge in [0.1, 0.15) is 106 Å². The molecule has 0 radical (unpaired) electrons. The van der Waals surface area contributed by atoms with E-state index in [2.05, 4.69) is 176 Å². The molecule has 11 aromatic heterocycles. The van der Waals surface area contributed by atoms with Crippen molar-refractivity contribution in [3.05, 3.63) is 461 Å². The standard InChI is InChI=1S/C21H23N3O.C20H19N4O2.2C20H18N4O.C19H15ClN4O.C19H16N4O/c1-15-10-12-18(13-11-15)24-14-20(22-23-24)16(2)25-21-9-5-7-17-6-3-4-8-19(17)21;1-14-7-9-16(10-8-14)23-13-18(21-22-23)15(2)26-20-11-12-24(25)19-6-4-3-5-17(19)20;1-14-8-10-16(11-9-14)24-13-19(22-23-24)15(2)25-20-7-3-6-18-17(20)5-4-12-21-18;1-14-6-8-17(9-7-14)24-13-19(22-23-24)15(2)25-20-5-3-4-16-12-21-11-10-18(16)20;1-13-6-7-15(10-17(13)20)24-11-14(22-23-24)12-25-19-8-9-21-18-5-3-2-4-16(18)19;1-14-6-8-16(9-7-14)23-12-15(21-22-23)13-24-19-10-11-20-18-5-3-2-4-17(18)19/h5,7,9-14,16H,3-4,6,8H2,1-2H3;3-13,15,25H,1-2H3;2*3-13,15H,1-2H3;2-11H,12H2,1H3;2-12H,13H2,1H3/q;+1;;;;. The van der Waals surface area contributed by atoms with Crippen molar-refractivity contribution in [1.29, 1.82) is 0 Å². The number of fused-ring (bicyclic) bond motifs is 6. The van der Waals surface area contributed by atoms with Gasteiger partial charge in [-0.1, -0.05) is 204 Å². The summed E-state index contributed by atoms with van der Waals surface area (Å²) in [6, 6.07) is 99.4. The van der Waals surface area contributed by atoms with Crippen molar-refractivity contribution in [1.82, 2.24) is 110 Å². The van der Waals surface area contributed by atoms with Crippen molar-refractivity contribution in [2.24, 2.45) is 0 Å². The minimum Gasteiger partial charge on any atom is -0.486 e. The molecule has 0 saturated carbocycles. The third kappa shape index (κ3) is 24.8. The molecule has 0 amide bonds. The summed E-state index contributed by atoms with van der Waals surface area (Å²) in [4.78, 5) is 17.2. The molecular weight excluding hydrogens is 1900 g/mol. The van der Waals surface area contributed by atoms with Gasteiger partial charge in [0.05, 0.1) is 93.2 Å². The predicted octanol–water partition coefficient (Wildman–Crippen LogP) is 24.6. The zero-order valence-corrected chi connectivity index (χ0v) is 85.2. The van der Waals surface area contributed by atoms with Crippen LogP contribution >= 0.6 is 11.6 Å². The normalized spacial score (nSPS) is 12.2. The van der Waals surface area contributed by atoms with Crippen LogP contribution in [0, 0.1) is 41.5 Å². The fourth-order valence-corrected chi connectivity index (χ4v) is 16.9. The summed E-state index contributed by atoms with van der Waals surface area (Å²) in [5, 5.41) is 67.1. The molecule has 0 aliphatic heterocycles. The van der Waals surface area contributed by atoms with Crippen LogP contribution in [0.25, 0.3) is 88.5 Å². The van der Waals surface area contributed by atoms with E-state index < -0.39 is 0 Å². The number of halogens is 1. The Morgan fingerprint density at radius 2 is 0.687 bits per heavy atom. The topological polar surface area (TPSA) is 315 Å². The Labute approximate surface area is 871 Å². The van der Waals surface area contributed by atoms with Crippen LogP contribution in [0.3, 0.4) is 0 Å². The van der Waals surface area contributed by atoms with E-state index in [0.717, 1.165) is 169 Å². The molecule has 23 aromatic rings. The third-order valence-electron chi connectivity index (χ3n) is 25.3.